The van der Waals surface area contributed by atoms with Crippen LogP contribution < -0.4 is 10.2 Å². The summed E-state index contributed by atoms with van der Waals surface area (Å²) in [5, 5.41) is 3.29. The van der Waals surface area contributed by atoms with Crippen LogP contribution in [-0.4, -0.2) is 46.7 Å². The highest BCUT2D eigenvalue weighted by Crippen LogP contribution is 2.26. The van der Waals surface area contributed by atoms with Gasteiger partial charge in [0.15, 0.2) is 0 Å². The third-order valence-corrected chi connectivity index (χ3v) is 7.20. The van der Waals surface area contributed by atoms with Crippen LogP contribution in [0.2, 0.25) is 0 Å². The smallest absolute Gasteiger partial charge is 0.318 e. The highest BCUT2D eigenvalue weighted by molar-refractivity contribution is 5.79. The zero-order chi connectivity index (χ0) is 25.7. The number of nitrogens with one attached hydrogen (secondary N) is 1. The van der Waals surface area contributed by atoms with E-state index in [4.69, 9.17) is 4.98 Å². The van der Waals surface area contributed by atoms with E-state index < -0.39 is 0 Å². The van der Waals surface area contributed by atoms with Gasteiger partial charge in [0.1, 0.15) is 0 Å². The van der Waals surface area contributed by atoms with Crippen LogP contribution in [0.3, 0.4) is 0 Å². The summed E-state index contributed by atoms with van der Waals surface area (Å²) < 4.78 is 2.29. The summed E-state index contributed by atoms with van der Waals surface area (Å²) in [5.74, 6) is 0.960. The molecule has 5 aromatic rings. The molecule has 6 nitrogen and oxygen atoms in total. The largest absolute Gasteiger partial charge is 0.339 e. The van der Waals surface area contributed by atoms with E-state index in [1.807, 2.05) is 53.4 Å². The van der Waals surface area contributed by atoms with Crippen LogP contribution in [0.15, 0.2) is 115 Å². The van der Waals surface area contributed by atoms with Gasteiger partial charge in [-0.05, 0) is 28.8 Å². The van der Waals surface area contributed by atoms with E-state index in [0.29, 0.717) is 13.1 Å². The Morgan fingerprint density at radius 3 is 1.89 bits per heavy atom. The number of hydrogen-bond acceptors (Lipinski definition) is 3. The van der Waals surface area contributed by atoms with E-state index in [-0.39, 0.29) is 12.1 Å². The molecule has 1 saturated heterocycles. The molecule has 0 radical (unpaired) electrons. The Morgan fingerprint density at radius 1 is 0.711 bits per heavy atom. The number of piperazine rings is 1. The molecule has 1 N–H and O–H groups in total. The van der Waals surface area contributed by atoms with Gasteiger partial charge >= 0.3 is 6.03 Å². The second-order valence-electron chi connectivity index (χ2n) is 9.65. The second kappa shape index (κ2) is 10.8. The van der Waals surface area contributed by atoms with Crippen molar-refractivity contribution in [2.24, 2.45) is 0 Å². The maximum absolute atomic E-state index is 13.4. The van der Waals surface area contributed by atoms with Crippen molar-refractivity contribution in [3.8, 4) is 0 Å². The summed E-state index contributed by atoms with van der Waals surface area (Å²) in [7, 11) is 0. The van der Waals surface area contributed by atoms with Gasteiger partial charge in [-0.3, -0.25) is 0 Å². The molecule has 1 fully saturated rings. The first-order valence-electron chi connectivity index (χ1n) is 13.2. The van der Waals surface area contributed by atoms with Gasteiger partial charge in [-0.25, -0.2) is 9.78 Å². The fourth-order valence-electron chi connectivity index (χ4n) is 5.20. The summed E-state index contributed by atoms with van der Waals surface area (Å²) in [6, 6.07) is 38.8. The summed E-state index contributed by atoms with van der Waals surface area (Å²) >= 11 is 0. The van der Waals surface area contributed by atoms with E-state index >= 15 is 0 Å². The fraction of sp³-hybridized carbons (Fsp3) is 0.188. The summed E-state index contributed by atoms with van der Waals surface area (Å²) in [5.41, 5.74) is 5.50. The number of hydrogen-bond donors (Lipinski definition) is 1. The van der Waals surface area contributed by atoms with Gasteiger partial charge in [0.05, 0.1) is 23.6 Å². The van der Waals surface area contributed by atoms with Gasteiger partial charge in [0.2, 0.25) is 5.95 Å². The summed E-state index contributed by atoms with van der Waals surface area (Å²) in [4.78, 5) is 22.6. The lowest BCUT2D eigenvalue weighted by Gasteiger charge is -2.36. The molecule has 0 spiro atoms. The maximum Gasteiger partial charge on any atom is 0.318 e. The number of benzene rings is 4. The van der Waals surface area contributed by atoms with Gasteiger partial charge in [-0.1, -0.05) is 103 Å². The minimum atomic E-state index is -0.196. The standard InChI is InChI=1S/C32H31N5O/c38-32(34-30(26-14-6-2-7-15-26)27-16-8-3-9-17-27)36-22-20-35(21-23-36)31-33-28-18-10-11-19-29(28)37(31)24-25-12-4-1-5-13-25/h1-19,30H,20-24H2,(H,34,38). The molecule has 0 unspecified atom stereocenters. The van der Waals surface area contributed by atoms with Crippen molar-refractivity contribution in [1.29, 1.82) is 0 Å². The Morgan fingerprint density at radius 2 is 1.26 bits per heavy atom. The predicted molar refractivity (Wildman–Crippen MR) is 152 cm³/mol. The minimum absolute atomic E-state index is 0.0415. The average Bonchev–Trinajstić information content (AvgIpc) is 3.35. The molecule has 2 amide bonds. The topological polar surface area (TPSA) is 53.4 Å². The highest BCUT2D eigenvalue weighted by Gasteiger charge is 2.27. The SMILES string of the molecule is O=C(NC(c1ccccc1)c1ccccc1)N1CCN(c2nc3ccccc3n2Cc2ccccc2)CC1. The summed E-state index contributed by atoms with van der Waals surface area (Å²) in [6.45, 7) is 3.49. The fourth-order valence-corrected chi connectivity index (χ4v) is 5.20. The maximum atomic E-state index is 13.4. The Labute approximate surface area is 223 Å². The molecule has 0 bridgehead atoms. The van der Waals surface area contributed by atoms with E-state index in [0.717, 1.165) is 47.7 Å². The van der Waals surface area contributed by atoms with Crippen LogP contribution in [0.4, 0.5) is 10.7 Å². The normalized spacial score (nSPS) is 13.7. The molecule has 0 saturated carbocycles. The Bertz CT molecular complexity index is 1450. The molecule has 38 heavy (non-hydrogen) atoms. The van der Waals surface area contributed by atoms with Gasteiger partial charge in [-0.15, -0.1) is 0 Å². The number of aromatic nitrogens is 2. The monoisotopic (exact) mass is 501 g/mol. The number of urea groups is 1. The summed E-state index contributed by atoms with van der Waals surface area (Å²) in [6.07, 6.45) is 0. The number of anilines is 1. The predicted octanol–water partition coefficient (Wildman–Crippen LogP) is 5.71. The third-order valence-electron chi connectivity index (χ3n) is 7.20. The lowest BCUT2D eigenvalue weighted by Crippen LogP contribution is -2.53. The Kier molecular flexibility index (Phi) is 6.77. The van der Waals surface area contributed by atoms with Crippen LogP contribution in [0.5, 0.6) is 0 Å². The van der Waals surface area contributed by atoms with Crippen molar-refractivity contribution < 1.29 is 4.79 Å². The first kappa shape index (κ1) is 23.8. The third kappa shape index (κ3) is 4.98. The van der Waals surface area contributed by atoms with Crippen molar-refractivity contribution >= 4 is 23.0 Å². The van der Waals surface area contributed by atoms with E-state index in [2.05, 4.69) is 81.5 Å². The molecule has 190 valence electrons. The van der Waals surface area contributed by atoms with Crippen LogP contribution in [0, 0.1) is 0 Å². The molecule has 1 aliphatic heterocycles. The Balaban J connectivity index is 1.18. The van der Waals surface area contributed by atoms with E-state index in [1.165, 1.54) is 5.56 Å². The molecule has 0 atom stereocenters. The van der Waals surface area contributed by atoms with Crippen LogP contribution in [-0.2, 0) is 6.54 Å². The molecule has 2 heterocycles. The van der Waals surface area contributed by atoms with Crippen LogP contribution in [0.1, 0.15) is 22.7 Å². The number of carbonyl (C=O) groups excluding carboxylic acids is 1. The number of rotatable bonds is 6. The van der Waals surface area contributed by atoms with Crippen molar-refractivity contribution in [1.82, 2.24) is 19.8 Å². The first-order valence-corrected chi connectivity index (χ1v) is 13.2. The minimum Gasteiger partial charge on any atom is -0.339 e. The van der Waals surface area contributed by atoms with Gasteiger partial charge in [0.25, 0.3) is 0 Å². The number of amides is 2. The van der Waals surface area contributed by atoms with Gasteiger partial charge < -0.3 is 19.7 Å². The number of imidazole rings is 1. The second-order valence-corrected chi connectivity index (χ2v) is 9.65. The van der Waals surface area contributed by atoms with Crippen molar-refractivity contribution in [3.05, 3.63) is 132 Å². The molecule has 6 heteroatoms. The highest BCUT2D eigenvalue weighted by atomic mass is 16.2. The zero-order valence-electron chi connectivity index (χ0n) is 21.3. The molecule has 0 aliphatic carbocycles. The van der Waals surface area contributed by atoms with Gasteiger partial charge in [-0.2, -0.15) is 0 Å². The Hall–Kier alpha value is -4.58. The number of fused-ring (bicyclic) bond motifs is 1. The van der Waals surface area contributed by atoms with Crippen molar-refractivity contribution in [2.75, 3.05) is 31.1 Å². The van der Waals surface area contributed by atoms with Crippen LogP contribution >= 0.6 is 0 Å². The first-order chi connectivity index (χ1) is 18.8. The molecule has 6 rings (SSSR count). The van der Waals surface area contributed by atoms with Crippen LogP contribution in [0.25, 0.3) is 11.0 Å². The molecular formula is C32H31N5O. The quantitative estimate of drug-likeness (QED) is 0.324. The van der Waals surface area contributed by atoms with E-state index in [9.17, 15) is 4.79 Å². The number of carbonyl (C=O) groups is 1. The average molecular weight is 502 g/mol. The molecule has 1 aliphatic rings. The zero-order valence-corrected chi connectivity index (χ0v) is 21.3. The van der Waals surface area contributed by atoms with Gasteiger partial charge in [0, 0.05) is 26.2 Å². The molecule has 4 aromatic carbocycles. The number of nitrogens with zero attached hydrogens (tertiary/aromatic N) is 4. The lowest BCUT2D eigenvalue weighted by atomic mass is 9.99. The molecule has 1 aromatic heterocycles. The molecular weight excluding hydrogens is 470 g/mol. The van der Waals surface area contributed by atoms with E-state index in [1.54, 1.807) is 0 Å². The van der Waals surface area contributed by atoms with Crippen molar-refractivity contribution in [3.63, 3.8) is 0 Å². The number of para-hydroxylation sites is 2. The van der Waals surface area contributed by atoms with Crippen molar-refractivity contribution in [2.45, 2.75) is 12.6 Å². The lowest BCUT2D eigenvalue weighted by molar-refractivity contribution is 0.191.